The van der Waals surface area contributed by atoms with Crippen molar-refractivity contribution in [3.05, 3.63) is 69.7 Å². The van der Waals surface area contributed by atoms with E-state index in [1.165, 1.54) is 5.01 Å². The second-order valence-corrected chi connectivity index (χ2v) is 11.4. The van der Waals surface area contributed by atoms with Gasteiger partial charge < -0.3 is 15.0 Å². The minimum atomic E-state index is -0.444. The lowest BCUT2D eigenvalue weighted by Crippen LogP contribution is -2.53. The van der Waals surface area contributed by atoms with Gasteiger partial charge in [0.2, 0.25) is 0 Å². The maximum atomic E-state index is 13.8. The molecule has 0 radical (unpaired) electrons. The molecule has 0 aromatic heterocycles. The first-order chi connectivity index (χ1) is 18.1. The number of hydrogen-bond donors (Lipinski definition) is 1. The number of carbonyl (C=O) groups is 2. The van der Waals surface area contributed by atoms with Crippen LogP contribution in [0.5, 0.6) is 0 Å². The van der Waals surface area contributed by atoms with Crippen LogP contribution in [0.2, 0.25) is 10.0 Å². The normalized spacial score (nSPS) is 18.3. The molecule has 2 aliphatic heterocycles. The summed E-state index contributed by atoms with van der Waals surface area (Å²) in [6.45, 7) is 9.62. The minimum absolute atomic E-state index is 0.119. The summed E-state index contributed by atoms with van der Waals surface area (Å²) in [7, 11) is 0. The van der Waals surface area contributed by atoms with E-state index in [1.807, 2.05) is 57.2 Å². The van der Waals surface area contributed by atoms with Gasteiger partial charge in [0.25, 0.3) is 5.91 Å². The molecule has 0 unspecified atom stereocenters. The van der Waals surface area contributed by atoms with E-state index in [2.05, 4.69) is 10.2 Å². The van der Waals surface area contributed by atoms with Gasteiger partial charge in [0.05, 0.1) is 25.0 Å². The molecule has 2 aliphatic rings. The van der Waals surface area contributed by atoms with Gasteiger partial charge in [-0.2, -0.15) is 5.10 Å². The molecule has 2 heterocycles. The molecule has 10 heteroatoms. The number of nitrogens with one attached hydrogen (secondary N) is 1. The summed E-state index contributed by atoms with van der Waals surface area (Å²) in [4.78, 5) is 30.9. The standard InChI is InChI=1S/C28H35Cl2N5O3/c1-28(2,3)31-27(37)34(13-12-33-14-16-38-17-15-33)19-26(36)35-25(21-9-5-7-11-23(21)30)18-24(32-35)20-8-4-6-10-22(20)29/h4-11,25H,12-19H2,1-3H3,(H,31,37)/t25-/m0/s1. The van der Waals surface area contributed by atoms with E-state index in [-0.39, 0.29) is 18.5 Å². The van der Waals surface area contributed by atoms with Crippen LogP contribution in [-0.4, -0.2) is 83.9 Å². The Morgan fingerprint density at radius 2 is 1.71 bits per heavy atom. The molecule has 1 N–H and O–H groups in total. The van der Waals surface area contributed by atoms with Crippen LogP contribution in [0.3, 0.4) is 0 Å². The Morgan fingerprint density at radius 3 is 2.37 bits per heavy atom. The highest BCUT2D eigenvalue weighted by molar-refractivity contribution is 6.34. The van der Waals surface area contributed by atoms with Crippen molar-refractivity contribution in [2.45, 2.75) is 38.8 Å². The Balaban J connectivity index is 1.59. The molecule has 0 spiro atoms. The predicted octanol–water partition coefficient (Wildman–Crippen LogP) is 4.81. The van der Waals surface area contributed by atoms with Gasteiger partial charge in [-0.25, -0.2) is 9.80 Å². The Kier molecular flexibility index (Phi) is 9.31. The van der Waals surface area contributed by atoms with Crippen molar-refractivity contribution in [2.24, 2.45) is 5.10 Å². The zero-order chi connectivity index (χ0) is 27.3. The second kappa shape index (κ2) is 12.5. The van der Waals surface area contributed by atoms with Crippen molar-refractivity contribution in [3.63, 3.8) is 0 Å². The monoisotopic (exact) mass is 559 g/mol. The summed E-state index contributed by atoms with van der Waals surface area (Å²) in [6.07, 6.45) is 0.459. The average molecular weight is 561 g/mol. The number of benzene rings is 2. The number of hydrazone groups is 1. The smallest absolute Gasteiger partial charge is 0.318 e. The van der Waals surface area contributed by atoms with Crippen LogP contribution in [0, 0.1) is 0 Å². The number of carbonyl (C=O) groups excluding carboxylic acids is 2. The highest BCUT2D eigenvalue weighted by Crippen LogP contribution is 2.37. The van der Waals surface area contributed by atoms with E-state index in [4.69, 9.17) is 33.0 Å². The molecule has 3 amide bonds. The maximum absolute atomic E-state index is 13.8. The van der Waals surface area contributed by atoms with Gasteiger partial charge in [0.15, 0.2) is 0 Å². The summed E-state index contributed by atoms with van der Waals surface area (Å²) in [5, 5.41) is 10.3. The van der Waals surface area contributed by atoms with Crippen molar-refractivity contribution in [2.75, 3.05) is 45.9 Å². The molecule has 1 saturated heterocycles. The van der Waals surface area contributed by atoms with Crippen molar-refractivity contribution in [3.8, 4) is 0 Å². The lowest BCUT2D eigenvalue weighted by Gasteiger charge is -2.33. The quantitative estimate of drug-likeness (QED) is 0.527. The third-order valence-corrected chi connectivity index (χ3v) is 7.17. The number of rotatable bonds is 7. The van der Waals surface area contributed by atoms with Gasteiger partial charge in [-0.3, -0.25) is 9.69 Å². The lowest BCUT2D eigenvalue weighted by molar-refractivity contribution is -0.133. The molecule has 38 heavy (non-hydrogen) atoms. The summed E-state index contributed by atoms with van der Waals surface area (Å²) in [5.41, 5.74) is 1.83. The van der Waals surface area contributed by atoms with E-state index < -0.39 is 11.6 Å². The van der Waals surface area contributed by atoms with Gasteiger partial charge in [-0.1, -0.05) is 59.6 Å². The van der Waals surface area contributed by atoms with E-state index >= 15 is 0 Å². The van der Waals surface area contributed by atoms with Gasteiger partial charge in [-0.15, -0.1) is 0 Å². The first-order valence-electron chi connectivity index (χ1n) is 12.9. The summed E-state index contributed by atoms with van der Waals surface area (Å²) < 4.78 is 5.44. The Morgan fingerprint density at radius 1 is 1.05 bits per heavy atom. The van der Waals surface area contributed by atoms with Crippen molar-refractivity contribution >= 4 is 40.9 Å². The van der Waals surface area contributed by atoms with Crippen LogP contribution in [0.4, 0.5) is 4.79 Å². The van der Waals surface area contributed by atoms with Crippen LogP contribution < -0.4 is 5.32 Å². The average Bonchev–Trinajstić information content (AvgIpc) is 3.31. The topological polar surface area (TPSA) is 77.5 Å². The SMILES string of the molecule is CC(C)(C)NC(=O)N(CCN1CCOCC1)CC(=O)N1N=C(c2ccccc2Cl)C[C@H]1c1ccccc1Cl. The highest BCUT2D eigenvalue weighted by atomic mass is 35.5. The van der Waals surface area contributed by atoms with E-state index in [0.29, 0.717) is 48.5 Å². The summed E-state index contributed by atoms with van der Waals surface area (Å²) >= 11 is 13.0. The van der Waals surface area contributed by atoms with Crippen molar-refractivity contribution in [1.82, 2.24) is 20.1 Å². The number of morpholine rings is 1. The Bertz CT molecular complexity index is 1180. The fourth-order valence-corrected chi connectivity index (χ4v) is 5.07. The first kappa shape index (κ1) is 28.4. The predicted molar refractivity (Wildman–Crippen MR) is 151 cm³/mol. The zero-order valence-electron chi connectivity index (χ0n) is 22.1. The highest BCUT2D eigenvalue weighted by Gasteiger charge is 2.36. The molecule has 1 atom stereocenters. The number of amides is 3. The van der Waals surface area contributed by atoms with Crippen LogP contribution in [0.15, 0.2) is 53.6 Å². The van der Waals surface area contributed by atoms with Crippen LogP contribution in [-0.2, 0) is 9.53 Å². The lowest BCUT2D eigenvalue weighted by atomic mass is 9.98. The largest absolute Gasteiger partial charge is 0.379 e. The Labute approximate surface area is 234 Å². The third kappa shape index (κ3) is 7.26. The molecular formula is C28H35Cl2N5O3. The summed E-state index contributed by atoms with van der Waals surface area (Å²) in [6, 6.07) is 14.2. The third-order valence-electron chi connectivity index (χ3n) is 6.50. The molecule has 0 bridgehead atoms. The van der Waals surface area contributed by atoms with E-state index in [9.17, 15) is 9.59 Å². The number of halogens is 2. The fraction of sp³-hybridized carbons (Fsp3) is 0.464. The molecule has 8 nitrogen and oxygen atoms in total. The van der Waals surface area contributed by atoms with Crippen molar-refractivity contribution < 1.29 is 14.3 Å². The van der Waals surface area contributed by atoms with E-state index in [1.54, 1.807) is 17.0 Å². The van der Waals surface area contributed by atoms with Gasteiger partial charge >= 0.3 is 6.03 Å². The van der Waals surface area contributed by atoms with Gasteiger partial charge in [0, 0.05) is 53.7 Å². The fourth-order valence-electron chi connectivity index (χ4n) is 4.56. The molecule has 0 saturated carbocycles. The minimum Gasteiger partial charge on any atom is -0.379 e. The molecule has 1 fully saturated rings. The van der Waals surface area contributed by atoms with E-state index in [0.717, 1.165) is 24.2 Å². The van der Waals surface area contributed by atoms with Crippen LogP contribution in [0.1, 0.15) is 44.4 Å². The van der Waals surface area contributed by atoms with Crippen LogP contribution in [0.25, 0.3) is 0 Å². The number of nitrogens with zero attached hydrogens (tertiary/aromatic N) is 4. The molecule has 204 valence electrons. The molecule has 2 aromatic carbocycles. The maximum Gasteiger partial charge on any atom is 0.318 e. The second-order valence-electron chi connectivity index (χ2n) is 10.6. The van der Waals surface area contributed by atoms with Gasteiger partial charge in [-0.05, 0) is 38.5 Å². The number of hydrogen-bond acceptors (Lipinski definition) is 5. The molecule has 0 aliphatic carbocycles. The van der Waals surface area contributed by atoms with Crippen molar-refractivity contribution in [1.29, 1.82) is 0 Å². The van der Waals surface area contributed by atoms with Crippen LogP contribution >= 0.6 is 23.2 Å². The number of ether oxygens (including phenoxy) is 1. The summed E-state index contributed by atoms with van der Waals surface area (Å²) in [5.74, 6) is -0.289. The molecule has 2 aromatic rings. The number of urea groups is 1. The first-order valence-corrected chi connectivity index (χ1v) is 13.6. The van der Waals surface area contributed by atoms with Gasteiger partial charge in [0.1, 0.15) is 6.54 Å². The Hall–Kier alpha value is -2.65. The molecule has 4 rings (SSSR count). The zero-order valence-corrected chi connectivity index (χ0v) is 23.6. The molecular weight excluding hydrogens is 525 g/mol.